The van der Waals surface area contributed by atoms with Crippen molar-refractivity contribution in [3.63, 3.8) is 0 Å². The highest BCUT2D eigenvalue weighted by atomic mass is 32.1. The molecule has 0 saturated heterocycles. The number of carboxylic acids is 1. The number of anilines is 1. The van der Waals surface area contributed by atoms with Gasteiger partial charge in [-0.1, -0.05) is 6.07 Å². The van der Waals surface area contributed by atoms with Crippen molar-refractivity contribution in [3.05, 3.63) is 51.0 Å². The van der Waals surface area contributed by atoms with Gasteiger partial charge in [0.05, 0.1) is 5.69 Å². The fourth-order valence-corrected chi connectivity index (χ4v) is 2.52. The molecule has 1 aromatic carbocycles. The predicted molar refractivity (Wildman–Crippen MR) is 75.1 cm³/mol. The topological polar surface area (TPSA) is 66.4 Å². The average molecular weight is 293 g/mol. The number of thiophene rings is 1. The summed E-state index contributed by atoms with van der Waals surface area (Å²) in [6, 6.07) is 4.13. The van der Waals surface area contributed by atoms with Crippen LogP contribution in [0.25, 0.3) is 0 Å². The van der Waals surface area contributed by atoms with Gasteiger partial charge in [-0.25, -0.2) is 9.18 Å². The number of rotatable bonds is 3. The van der Waals surface area contributed by atoms with Crippen LogP contribution in [0.4, 0.5) is 10.1 Å². The van der Waals surface area contributed by atoms with Crippen LogP contribution >= 0.6 is 11.3 Å². The number of hydrogen-bond donors (Lipinski definition) is 2. The minimum Gasteiger partial charge on any atom is -0.477 e. The second kappa shape index (κ2) is 5.42. The van der Waals surface area contributed by atoms with Gasteiger partial charge in [-0.3, -0.25) is 4.79 Å². The van der Waals surface area contributed by atoms with Crippen LogP contribution < -0.4 is 5.32 Å². The minimum atomic E-state index is -1.10. The van der Waals surface area contributed by atoms with Crippen molar-refractivity contribution in [2.24, 2.45) is 0 Å². The molecule has 0 unspecified atom stereocenters. The molecule has 1 amide bonds. The molecule has 0 aliphatic carbocycles. The Bertz CT molecular complexity index is 694. The number of carbonyl (C=O) groups is 2. The summed E-state index contributed by atoms with van der Waals surface area (Å²) in [5, 5.41) is 13.2. The molecule has 1 heterocycles. The van der Waals surface area contributed by atoms with E-state index in [1.165, 1.54) is 12.1 Å². The molecule has 2 aromatic rings. The highest BCUT2D eigenvalue weighted by Crippen LogP contribution is 2.28. The van der Waals surface area contributed by atoms with E-state index in [1.807, 2.05) is 0 Å². The van der Waals surface area contributed by atoms with Crippen LogP contribution in [0, 0.1) is 19.7 Å². The normalized spacial score (nSPS) is 10.3. The molecule has 2 N–H and O–H groups in total. The summed E-state index contributed by atoms with van der Waals surface area (Å²) in [6.07, 6.45) is 0. The number of carboxylic acid groups (broad SMARTS) is 1. The monoisotopic (exact) mass is 293 g/mol. The lowest BCUT2D eigenvalue weighted by Gasteiger charge is -2.07. The van der Waals surface area contributed by atoms with Crippen molar-refractivity contribution < 1.29 is 19.1 Å². The Morgan fingerprint density at radius 1 is 1.25 bits per heavy atom. The highest BCUT2D eigenvalue weighted by Gasteiger charge is 2.18. The zero-order valence-corrected chi connectivity index (χ0v) is 11.7. The second-order valence-electron chi connectivity index (χ2n) is 4.35. The zero-order valence-electron chi connectivity index (χ0n) is 10.9. The predicted octanol–water partition coefficient (Wildman–Crippen LogP) is 3.45. The van der Waals surface area contributed by atoms with E-state index in [-0.39, 0.29) is 16.1 Å². The summed E-state index contributed by atoms with van der Waals surface area (Å²) in [4.78, 5) is 23.1. The molecule has 6 heteroatoms. The number of aromatic carboxylic acids is 1. The Balaban J connectivity index is 2.30. The van der Waals surface area contributed by atoms with E-state index >= 15 is 0 Å². The first-order valence-electron chi connectivity index (χ1n) is 5.79. The Kier molecular flexibility index (Phi) is 3.85. The van der Waals surface area contributed by atoms with Gasteiger partial charge in [0.15, 0.2) is 0 Å². The number of amides is 1. The van der Waals surface area contributed by atoms with Crippen molar-refractivity contribution in [1.82, 2.24) is 0 Å². The first kappa shape index (κ1) is 14.2. The molecule has 1 aromatic heterocycles. The van der Waals surface area contributed by atoms with Crippen LogP contribution in [-0.2, 0) is 0 Å². The third-order valence-corrected chi connectivity index (χ3v) is 3.93. The number of hydrogen-bond acceptors (Lipinski definition) is 3. The van der Waals surface area contributed by atoms with Crippen LogP contribution in [0.15, 0.2) is 23.6 Å². The van der Waals surface area contributed by atoms with Crippen molar-refractivity contribution in [1.29, 1.82) is 0 Å². The molecule has 0 aliphatic rings. The maximum Gasteiger partial charge on any atom is 0.348 e. The zero-order chi connectivity index (χ0) is 14.9. The first-order chi connectivity index (χ1) is 9.40. The summed E-state index contributed by atoms with van der Waals surface area (Å²) in [5.41, 5.74) is 1.51. The van der Waals surface area contributed by atoms with Crippen molar-refractivity contribution in [2.45, 2.75) is 13.8 Å². The van der Waals surface area contributed by atoms with Gasteiger partial charge in [0.2, 0.25) is 0 Å². The maximum absolute atomic E-state index is 13.4. The van der Waals surface area contributed by atoms with Crippen molar-refractivity contribution in [2.75, 3.05) is 5.32 Å². The molecule has 0 radical (unpaired) electrons. The van der Waals surface area contributed by atoms with Crippen LogP contribution in [0.1, 0.15) is 31.2 Å². The van der Waals surface area contributed by atoms with Crippen LogP contribution in [0.5, 0.6) is 0 Å². The quantitative estimate of drug-likeness (QED) is 0.910. The van der Waals surface area contributed by atoms with Crippen molar-refractivity contribution in [3.8, 4) is 0 Å². The lowest BCUT2D eigenvalue weighted by Crippen LogP contribution is -2.14. The van der Waals surface area contributed by atoms with Gasteiger partial charge in [-0.15, -0.1) is 11.3 Å². The molecule has 0 aliphatic heterocycles. The fraction of sp³-hybridized carbons (Fsp3) is 0.143. The summed E-state index contributed by atoms with van der Waals surface area (Å²) in [7, 11) is 0. The van der Waals surface area contributed by atoms with E-state index in [2.05, 4.69) is 5.32 Å². The molecule has 0 saturated carbocycles. The standard InChI is InChI=1S/C14H12FNO3S/c1-7-3-4-9(5-10(7)15)13(17)16-11-8(2)6-20-12(11)14(18)19/h3-6H,1-2H3,(H,16,17)(H,18,19). The fourth-order valence-electron chi connectivity index (χ4n) is 1.68. The summed E-state index contributed by atoms with van der Waals surface area (Å²) < 4.78 is 13.4. The van der Waals surface area contributed by atoms with Gasteiger partial charge >= 0.3 is 5.97 Å². The number of halogens is 1. The molecular weight excluding hydrogens is 281 g/mol. The Morgan fingerprint density at radius 3 is 2.55 bits per heavy atom. The maximum atomic E-state index is 13.4. The Labute approximate surface area is 118 Å². The molecule has 20 heavy (non-hydrogen) atoms. The molecule has 0 bridgehead atoms. The lowest BCUT2D eigenvalue weighted by atomic mass is 10.1. The smallest absolute Gasteiger partial charge is 0.348 e. The Hall–Kier alpha value is -2.21. The number of aryl methyl sites for hydroxylation is 2. The Morgan fingerprint density at radius 2 is 1.95 bits per heavy atom. The average Bonchev–Trinajstić information content (AvgIpc) is 2.74. The SMILES string of the molecule is Cc1ccc(C(=O)Nc2c(C)csc2C(=O)O)cc1F. The van der Waals surface area contributed by atoms with Gasteiger partial charge in [-0.2, -0.15) is 0 Å². The molecule has 0 fully saturated rings. The summed E-state index contributed by atoms with van der Waals surface area (Å²) in [5.74, 6) is -2.11. The van der Waals surface area contributed by atoms with Gasteiger partial charge in [0.25, 0.3) is 5.91 Å². The van der Waals surface area contributed by atoms with Crippen LogP contribution in [-0.4, -0.2) is 17.0 Å². The minimum absolute atomic E-state index is 0.0587. The van der Waals surface area contributed by atoms with E-state index in [9.17, 15) is 14.0 Å². The third kappa shape index (κ3) is 2.70. The van der Waals surface area contributed by atoms with E-state index < -0.39 is 17.7 Å². The third-order valence-electron chi connectivity index (χ3n) is 2.84. The summed E-state index contributed by atoms with van der Waals surface area (Å²) >= 11 is 1.04. The second-order valence-corrected chi connectivity index (χ2v) is 5.23. The number of benzene rings is 1. The van der Waals surface area contributed by atoms with Crippen LogP contribution in [0.2, 0.25) is 0 Å². The molecule has 4 nitrogen and oxygen atoms in total. The van der Waals surface area contributed by atoms with Gasteiger partial charge in [-0.05, 0) is 42.5 Å². The lowest BCUT2D eigenvalue weighted by molar-refractivity contribution is 0.0703. The summed E-state index contributed by atoms with van der Waals surface area (Å²) in [6.45, 7) is 3.30. The first-order valence-corrected chi connectivity index (χ1v) is 6.67. The van der Waals surface area contributed by atoms with Gasteiger partial charge in [0.1, 0.15) is 10.7 Å². The van der Waals surface area contributed by atoms with Gasteiger partial charge < -0.3 is 10.4 Å². The van der Waals surface area contributed by atoms with E-state index in [0.29, 0.717) is 11.1 Å². The van der Waals surface area contributed by atoms with Crippen molar-refractivity contribution >= 4 is 28.9 Å². The van der Waals surface area contributed by atoms with E-state index in [1.54, 1.807) is 19.2 Å². The highest BCUT2D eigenvalue weighted by molar-refractivity contribution is 7.12. The van der Waals surface area contributed by atoms with Gasteiger partial charge in [0, 0.05) is 5.56 Å². The number of carbonyl (C=O) groups excluding carboxylic acids is 1. The largest absolute Gasteiger partial charge is 0.477 e. The van der Waals surface area contributed by atoms with E-state index in [4.69, 9.17) is 5.11 Å². The molecule has 2 rings (SSSR count). The number of nitrogens with one attached hydrogen (secondary N) is 1. The molecular formula is C14H12FNO3S. The molecule has 104 valence electrons. The molecule has 0 atom stereocenters. The molecule has 0 spiro atoms. The van der Waals surface area contributed by atoms with E-state index in [0.717, 1.165) is 17.4 Å². The van der Waals surface area contributed by atoms with Crippen LogP contribution in [0.3, 0.4) is 0 Å².